The van der Waals surface area contributed by atoms with Gasteiger partial charge in [-0.2, -0.15) is 0 Å². The van der Waals surface area contributed by atoms with E-state index < -0.39 is 0 Å². The van der Waals surface area contributed by atoms with Gasteiger partial charge in [-0.3, -0.25) is 0 Å². The van der Waals surface area contributed by atoms with Crippen molar-refractivity contribution in [3.8, 4) is 0 Å². The molecule has 19 heavy (non-hydrogen) atoms. The van der Waals surface area contributed by atoms with Gasteiger partial charge in [-0.15, -0.1) is 11.3 Å². The van der Waals surface area contributed by atoms with E-state index in [2.05, 4.69) is 24.4 Å². The van der Waals surface area contributed by atoms with Crippen LogP contribution in [0.4, 0.5) is 10.1 Å². The van der Waals surface area contributed by atoms with E-state index >= 15 is 0 Å². The SMILES string of the molecule is Cc1ccc(C(C)Nc2ccc(C(N)=S)cc2F)s1. The highest BCUT2D eigenvalue weighted by Crippen LogP contribution is 2.27. The first-order valence-electron chi connectivity index (χ1n) is 5.89. The third kappa shape index (κ3) is 3.30. The van der Waals surface area contributed by atoms with Crippen molar-refractivity contribution in [2.24, 2.45) is 5.73 Å². The predicted molar refractivity (Wildman–Crippen MR) is 83.4 cm³/mol. The molecule has 3 N–H and O–H groups in total. The van der Waals surface area contributed by atoms with Crippen molar-refractivity contribution >= 4 is 34.2 Å². The van der Waals surface area contributed by atoms with E-state index in [1.165, 1.54) is 15.8 Å². The molecule has 1 aromatic carbocycles. The summed E-state index contributed by atoms with van der Waals surface area (Å²) < 4.78 is 13.9. The molecule has 5 heteroatoms. The largest absolute Gasteiger partial charge is 0.389 e. The fraction of sp³-hybridized carbons (Fsp3) is 0.214. The number of aryl methyl sites for hydroxylation is 1. The van der Waals surface area contributed by atoms with E-state index in [0.29, 0.717) is 11.3 Å². The molecule has 0 amide bonds. The van der Waals surface area contributed by atoms with Crippen LogP contribution in [0.5, 0.6) is 0 Å². The Hall–Kier alpha value is -1.46. The maximum Gasteiger partial charge on any atom is 0.147 e. The minimum absolute atomic E-state index is 0.0591. The average Bonchev–Trinajstić information content (AvgIpc) is 2.78. The van der Waals surface area contributed by atoms with Gasteiger partial charge in [0.15, 0.2) is 0 Å². The summed E-state index contributed by atoms with van der Waals surface area (Å²) in [6.45, 7) is 4.06. The standard InChI is InChI=1S/C14H15FN2S2/c1-8-3-6-13(19-8)9(2)17-12-5-4-10(14(16)18)7-11(12)15/h3-7,9,17H,1-2H3,(H2,16,18). The Kier molecular flexibility index (Phi) is 4.17. The van der Waals surface area contributed by atoms with E-state index in [4.69, 9.17) is 18.0 Å². The van der Waals surface area contributed by atoms with Crippen LogP contribution in [0.25, 0.3) is 0 Å². The van der Waals surface area contributed by atoms with Crippen molar-refractivity contribution in [3.05, 3.63) is 51.5 Å². The quantitative estimate of drug-likeness (QED) is 0.837. The Morgan fingerprint density at radius 3 is 2.63 bits per heavy atom. The topological polar surface area (TPSA) is 38.0 Å². The smallest absolute Gasteiger partial charge is 0.147 e. The van der Waals surface area contributed by atoms with E-state index in [9.17, 15) is 4.39 Å². The maximum absolute atomic E-state index is 13.9. The predicted octanol–water partition coefficient (Wildman–Crippen LogP) is 4.00. The summed E-state index contributed by atoms with van der Waals surface area (Å²) in [6, 6.07) is 8.92. The first-order valence-corrected chi connectivity index (χ1v) is 7.12. The van der Waals surface area contributed by atoms with Crippen molar-refractivity contribution < 1.29 is 4.39 Å². The van der Waals surface area contributed by atoms with Gasteiger partial charge in [-0.1, -0.05) is 12.2 Å². The van der Waals surface area contributed by atoms with Crippen LogP contribution in [0, 0.1) is 12.7 Å². The molecule has 1 heterocycles. The third-order valence-electron chi connectivity index (χ3n) is 2.81. The van der Waals surface area contributed by atoms with Crippen molar-refractivity contribution in [2.45, 2.75) is 19.9 Å². The van der Waals surface area contributed by atoms with E-state index in [1.807, 2.05) is 6.92 Å². The van der Waals surface area contributed by atoms with Gasteiger partial charge in [0.2, 0.25) is 0 Å². The van der Waals surface area contributed by atoms with Gasteiger partial charge in [0.05, 0.1) is 11.7 Å². The molecule has 0 spiro atoms. The Balaban J connectivity index is 2.17. The van der Waals surface area contributed by atoms with Crippen molar-refractivity contribution in [1.82, 2.24) is 0 Å². The molecule has 1 aromatic heterocycles. The second kappa shape index (κ2) is 5.67. The number of halogens is 1. The Bertz CT molecular complexity index is 607. The van der Waals surface area contributed by atoms with Gasteiger partial charge in [0, 0.05) is 15.3 Å². The van der Waals surface area contributed by atoms with E-state index in [1.54, 1.807) is 23.5 Å². The van der Waals surface area contributed by atoms with Gasteiger partial charge in [0.1, 0.15) is 10.8 Å². The van der Waals surface area contributed by atoms with Crippen LogP contribution in [0.1, 0.15) is 28.3 Å². The molecule has 0 saturated carbocycles. The monoisotopic (exact) mass is 294 g/mol. The first-order chi connectivity index (χ1) is 8.97. The molecule has 2 aromatic rings. The van der Waals surface area contributed by atoms with Gasteiger partial charge in [-0.05, 0) is 44.2 Å². The van der Waals surface area contributed by atoms with Gasteiger partial charge >= 0.3 is 0 Å². The van der Waals surface area contributed by atoms with Crippen LogP contribution < -0.4 is 11.1 Å². The molecule has 2 rings (SSSR count). The number of thiocarbonyl (C=S) groups is 1. The number of benzene rings is 1. The molecule has 2 nitrogen and oxygen atoms in total. The van der Waals surface area contributed by atoms with Gasteiger partial charge < -0.3 is 11.1 Å². The molecular formula is C14H15FN2S2. The van der Waals surface area contributed by atoms with Crippen molar-refractivity contribution in [2.75, 3.05) is 5.32 Å². The fourth-order valence-corrected chi connectivity index (χ4v) is 2.78. The molecule has 0 fully saturated rings. The minimum atomic E-state index is -0.342. The van der Waals surface area contributed by atoms with Gasteiger partial charge in [-0.25, -0.2) is 4.39 Å². The lowest BCUT2D eigenvalue weighted by molar-refractivity contribution is 0.627. The number of rotatable bonds is 4. The van der Waals surface area contributed by atoms with Crippen LogP contribution in [-0.2, 0) is 0 Å². The fourth-order valence-electron chi connectivity index (χ4n) is 1.78. The summed E-state index contributed by atoms with van der Waals surface area (Å²) in [5.74, 6) is -0.342. The Morgan fingerprint density at radius 1 is 1.37 bits per heavy atom. The Labute approximate surface area is 121 Å². The molecule has 0 saturated heterocycles. The molecular weight excluding hydrogens is 279 g/mol. The molecule has 0 aliphatic heterocycles. The van der Waals surface area contributed by atoms with Crippen LogP contribution in [0.15, 0.2) is 30.3 Å². The molecule has 0 bridgehead atoms. The van der Waals surface area contributed by atoms with E-state index in [-0.39, 0.29) is 16.8 Å². The lowest BCUT2D eigenvalue weighted by atomic mass is 10.1. The van der Waals surface area contributed by atoms with Crippen LogP contribution in [0.3, 0.4) is 0 Å². The van der Waals surface area contributed by atoms with Crippen LogP contribution in [-0.4, -0.2) is 4.99 Å². The maximum atomic E-state index is 13.9. The number of nitrogens with two attached hydrogens (primary N) is 1. The zero-order valence-electron chi connectivity index (χ0n) is 10.7. The normalized spacial score (nSPS) is 12.2. The number of hydrogen-bond donors (Lipinski definition) is 2. The highest BCUT2D eigenvalue weighted by atomic mass is 32.1. The molecule has 1 unspecified atom stereocenters. The van der Waals surface area contributed by atoms with Crippen molar-refractivity contribution in [3.63, 3.8) is 0 Å². The summed E-state index contributed by atoms with van der Waals surface area (Å²) in [7, 11) is 0. The lowest BCUT2D eigenvalue weighted by Crippen LogP contribution is -2.11. The summed E-state index contributed by atoms with van der Waals surface area (Å²) >= 11 is 6.53. The first kappa shape index (κ1) is 14.0. The number of nitrogens with one attached hydrogen (secondary N) is 1. The van der Waals surface area contributed by atoms with Crippen molar-refractivity contribution in [1.29, 1.82) is 0 Å². The number of anilines is 1. The summed E-state index contributed by atoms with van der Waals surface area (Å²) in [5, 5.41) is 3.16. The lowest BCUT2D eigenvalue weighted by Gasteiger charge is -2.15. The van der Waals surface area contributed by atoms with E-state index in [0.717, 1.165) is 0 Å². The number of hydrogen-bond acceptors (Lipinski definition) is 3. The highest BCUT2D eigenvalue weighted by molar-refractivity contribution is 7.80. The minimum Gasteiger partial charge on any atom is -0.389 e. The third-order valence-corrected chi connectivity index (χ3v) is 4.23. The molecule has 0 radical (unpaired) electrons. The zero-order valence-corrected chi connectivity index (χ0v) is 12.4. The molecule has 100 valence electrons. The van der Waals surface area contributed by atoms with Gasteiger partial charge in [0.25, 0.3) is 0 Å². The number of thiophene rings is 1. The second-order valence-electron chi connectivity index (χ2n) is 4.37. The molecule has 0 aliphatic rings. The highest BCUT2D eigenvalue weighted by Gasteiger charge is 2.11. The summed E-state index contributed by atoms with van der Waals surface area (Å²) in [4.78, 5) is 2.62. The summed E-state index contributed by atoms with van der Waals surface area (Å²) in [6.07, 6.45) is 0. The Morgan fingerprint density at radius 2 is 2.11 bits per heavy atom. The zero-order chi connectivity index (χ0) is 14.0. The second-order valence-corrected chi connectivity index (χ2v) is 6.13. The molecule has 0 aliphatic carbocycles. The molecule has 1 atom stereocenters. The average molecular weight is 294 g/mol. The summed E-state index contributed by atoms with van der Waals surface area (Å²) in [5.41, 5.74) is 6.47. The van der Waals surface area contributed by atoms with Crippen LogP contribution >= 0.6 is 23.6 Å². The van der Waals surface area contributed by atoms with Crippen LogP contribution in [0.2, 0.25) is 0 Å².